The Morgan fingerprint density at radius 2 is 2.00 bits per heavy atom. The molecule has 3 amide bonds. The van der Waals surface area contributed by atoms with Crippen molar-refractivity contribution in [3.8, 4) is 17.4 Å². The number of fused-ring (bicyclic) bond motifs is 1. The van der Waals surface area contributed by atoms with Gasteiger partial charge in [0.2, 0.25) is 11.8 Å². The number of nitrogens with one attached hydrogen (secondary N) is 1. The molecule has 4 rings (SSSR count). The quantitative estimate of drug-likeness (QED) is 0.917. The number of rotatable bonds is 3. The maximum absolute atomic E-state index is 11.9. The first-order valence-electron chi connectivity index (χ1n) is 8.51. The summed E-state index contributed by atoms with van der Waals surface area (Å²) in [5.41, 5.74) is 1.85. The van der Waals surface area contributed by atoms with Crippen LogP contribution >= 0.6 is 0 Å². The van der Waals surface area contributed by atoms with Crippen LogP contribution in [0.3, 0.4) is 0 Å². The van der Waals surface area contributed by atoms with Gasteiger partial charge in [-0.1, -0.05) is 19.1 Å². The first-order valence-corrected chi connectivity index (χ1v) is 8.51. The molecule has 0 spiro atoms. The summed E-state index contributed by atoms with van der Waals surface area (Å²) in [4.78, 5) is 29.7. The van der Waals surface area contributed by atoms with Gasteiger partial charge in [0.15, 0.2) is 0 Å². The van der Waals surface area contributed by atoms with Crippen molar-refractivity contribution in [2.45, 2.75) is 19.4 Å². The van der Waals surface area contributed by atoms with Gasteiger partial charge in [0.1, 0.15) is 11.5 Å². The molecule has 0 aliphatic carbocycles. The number of carbonyl (C=O) groups is 2. The van der Waals surface area contributed by atoms with Gasteiger partial charge >= 0.3 is 6.03 Å². The van der Waals surface area contributed by atoms with Crippen molar-refractivity contribution < 1.29 is 19.1 Å². The number of hydrogen-bond donors (Lipinski definition) is 1. The van der Waals surface area contributed by atoms with Crippen molar-refractivity contribution in [1.29, 1.82) is 0 Å². The van der Waals surface area contributed by atoms with Gasteiger partial charge in [-0.05, 0) is 23.8 Å². The summed E-state index contributed by atoms with van der Waals surface area (Å²) in [6.45, 7) is 2.45. The summed E-state index contributed by atoms with van der Waals surface area (Å²) in [7, 11) is 1.69. The number of pyridine rings is 1. The van der Waals surface area contributed by atoms with Crippen LogP contribution in [0.25, 0.3) is 0 Å². The van der Waals surface area contributed by atoms with Crippen LogP contribution in [0.2, 0.25) is 0 Å². The molecular weight excluding hydrogens is 334 g/mol. The van der Waals surface area contributed by atoms with Gasteiger partial charge in [-0.25, -0.2) is 9.78 Å². The van der Waals surface area contributed by atoms with Gasteiger partial charge in [0, 0.05) is 19.7 Å². The number of carbonyl (C=O) groups excluding carboxylic acids is 2. The Bertz CT molecular complexity index is 846. The van der Waals surface area contributed by atoms with Crippen molar-refractivity contribution in [3.63, 3.8) is 0 Å². The van der Waals surface area contributed by atoms with Crippen molar-refractivity contribution in [3.05, 3.63) is 47.7 Å². The molecule has 26 heavy (non-hydrogen) atoms. The van der Waals surface area contributed by atoms with Crippen LogP contribution in [-0.4, -0.2) is 35.5 Å². The highest BCUT2D eigenvalue weighted by Crippen LogP contribution is 2.35. The Morgan fingerprint density at radius 3 is 2.77 bits per heavy atom. The van der Waals surface area contributed by atoms with Gasteiger partial charge in [0.05, 0.1) is 24.1 Å². The molecule has 2 aromatic rings. The van der Waals surface area contributed by atoms with Crippen LogP contribution in [0.1, 0.15) is 24.1 Å². The maximum atomic E-state index is 11.9. The zero-order chi connectivity index (χ0) is 18.3. The first kappa shape index (κ1) is 16.4. The van der Waals surface area contributed by atoms with E-state index in [1.807, 2.05) is 37.3 Å². The van der Waals surface area contributed by atoms with E-state index < -0.39 is 0 Å². The number of imide groups is 1. The van der Waals surface area contributed by atoms with Crippen LogP contribution in [0.4, 0.5) is 4.79 Å². The van der Waals surface area contributed by atoms with E-state index >= 15 is 0 Å². The third kappa shape index (κ3) is 2.75. The Balaban J connectivity index is 1.57. The minimum absolute atomic E-state index is 0.262. The smallest absolute Gasteiger partial charge is 0.324 e. The van der Waals surface area contributed by atoms with E-state index in [2.05, 4.69) is 10.3 Å². The second-order valence-corrected chi connectivity index (χ2v) is 6.50. The van der Waals surface area contributed by atoms with Crippen molar-refractivity contribution >= 4 is 11.9 Å². The molecule has 0 bridgehead atoms. The number of aromatic nitrogens is 1. The minimum atomic E-state index is -0.387. The van der Waals surface area contributed by atoms with Crippen molar-refractivity contribution in [2.24, 2.45) is 5.92 Å². The highest BCUT2D eigenvalue weighted by atomic mass is 16.5. The first-order chi connectivity index (χ1) is 12.5. The SMILES string of the molecule is CC1C(=O)NC(=O)N(C)C1c1ccc(Oc2nccc3c2CCO3)cc1. The van der Waals surface area contributed by atoms with Gasteiger partial charge in [-0.3, -0.25) is 10.1 Å². The van der Waals surface area contributed by atoms with Gasteiger partial charge < -0.3 is 14.4 Å². The zero-order valence-electron chi connectivity index (χ0n) is 14.6. The van der Waals surface area contributed by atoms with Crippen molar-refractivity contribution in [2.75, 3.05) is 13.7 Å². The van der Waals surface area contributed by atoms with Gasteiger partial charge in [0.25, 0.3) is 0 Å². The number of ether oxygens (including phenoxy) is 2. The predicted octanol–water partition coefficient (Wildman–Crippen LogP) is 2.67. The molecule has 7 nitrogen and oxygen atoms in total. The molecule has 2 unspecified atom stereocenters. The highest BCUT2D eigenvalue weighted by Gasteiger charge is 2.37. The van der Waals surface area contributed by atoms with Gasteiger partial charge in [-0.2, -0.15) is 0 Å². The van der Waals surface area contributed by atoms with Crippen LogP contribution < -0.4 is 14.8 Å². The molecule has 1 fully saturated rings. The molecule has 2 atom stereocenters. The lowest BCUT2D eigenvalue weighted by Crippen LogP contribution is -2.53. The lowest BCUT2D eigenvalue weighted by molar-refractivity contribution is -0.127. The van der Waals surface area contributed by atoms with E-state index in [1.54, 1.807) is 18.1 Å². The van der Waals surface area contributed by atoms with Gasteiger partial charge in [-0.15, -0.1) is 0 Å². The zero-order valence-corrected chi connectivity index (χ0v) is 14.6. The standard InChI is InChI=1S/C19H19N3O4/c1-11-16(22(2)19(24)21-17(11)23)12-3-5-13(6-4-12)26-18-14-8-10-25-15(14)7-9-20-18/h3-7,9,11,16H,8,10H2,1-2H3,(H,21,23,24). The fourth-order valence-electron chi connectivity index (χ4n) is 3.44. The number of amides is 3. The van der Waals surface area contributed by atoms with Crippen LogP contribution in [0.5, 0.6) is 17.4 Å². The molecule has 3 heterocycles. The molecular formula is C19H19N3O4. The average Bonchev–Trinajstić information content (AvgIpc) is 3.11. The Morgan fingerprint density at radius 1 is 1.23 bits per heavy atom. The largest absolute Gasteiger partial charge is 0.493 e. The monoisotopic (exact) mass is 353 g/mol. The topological polar surface area (TPSA) is 80.8 Å². The molecule has 2 aliphatic heterocycles. The maximum Gasteiger partial charge on any atom is 0.324 e. The summed E-state index contributed by atoms with van der Waals surface area (Å²) in [5.74, 6) is 1.41. The lowest BCUT2D eigenvalue weighted by Gasteiger charge is -2.36. The van der Waals surface area contributed by atoms with E-state index in [0.29, 0.717) is 18.2 Å². The number of benzene rings is 1. The van der Waals surface area contributed by atoms with E-state index in [1.165, 1.54) is 0 Å². The molecule has 7 heteroatoms. The summed E-state index contributed by atoms with van der Waals surface area (Å²) in [6, 6.07) is 8.53. The third-order valence-electron chi connectivity index (χ3n) is 4.87. The molecule has 2 aliphatic rings. The minimum Gasteiger partial charge on any atom is -0.493 e. The fourth-order valence-corrected chi connectivity index (χ4v) is 3.44. The van der Waals surface area contributed by atoms with E-state index in [4.69, 9.17) is 9.47 Å². The second kappa shape index (κ2) is 6.33. The number of nitrogens with zero attached hydrogens (tertiary/aromatic N) is 2. The lowest BCUT2D eigenvalue weighted by atomic mass is 9.91. The second-order valence-electron chi connectivity index (χ2n) is 6.50. The van der Waals surface area contributed by atoms with Crippen LogP contribution in [0, 0.1) is 5.92 Å². The van der Waals surface area contributed by atoms with Crippen LogP contribution in [-0.2, 0) is 11.2 Å². The molecule has 1 N–H and O–H groups in total. The van der Waals surface area contributed by atoms with E-state index in [9.17, 15) is 9.59 Å². The predicted molar refractivity (Wildman–Crippen MR) is 93.2 cm³/mol. The molecule has 1 aromatic heterocycles. The summed E-state index contributed by atoms with van der Waals surface area (Å²) < 4.78 is 11.4. The normalized spacial score (nSPS) is 21.8. The van der Waals surface area contributed by atoms with E-state index in [-0.39, 0.29) is 23.9 Å². The Labute approximate surface area is 150 Å². The molecule has 0 radical (unpaired) electrons. The fraction of sp³-hybridized carbons (Fsp3) is 0.316. The molecule has 134 valence electrons. The molecule has 0 saturated carbocycles. The van der Waals surface area contributed by atoms with Crippen molar-refractivity contribution in [1.82, 2.24) is 15.2 Å². The number of urea groups is 1. The molecule has 1 aromatic carbocycles. The Hall–Kier alpha value is -3.09. The highest BCUT2D eigenvalue weighted by molar-refractivity contribution is 5.98. The summed E-state index contributed by atoms with van der Waals surface area (Å²) >= 11 is 0. The number of hydrogen-bond acceptors (Lipinski definition) is 5. The summed E-state index contributed by atoms with van der Waals surface area (Å²) in [5, 5.41) is 2.35. The third-order valence-corrected chi connectivity index (χ3v) is 4.87. The van der Waals surface area contributed by atoms with Crippen LogP contribution in [0.15, 0.2) is 36.5 Å². The summed E-state index contributed by atoms with van der Waals surface area (Å²) in [6.07, 6.45) is 2.44. The van der Waals surface area contributed by atoms with E-state index in [0.717, 1.165) is 23.3 Å². The average molecular weight is 353 g/mol. The molecule has 1 saturated heterocycles. The Kier molecular flexibility index (Phi) is 3.99.